The van der Waals surface area contributed by atoms with Crippen molar-refractivity contribution in [2.75, 3.05) is 7.05 Å². The summed E-state index contributed by atoms with van der Waals surface area (Å²) in [6.45, 7) is 1.87. The van der Waals surface area contributed by atoms with E-state index in [0.717, 1.165) is 11.1 Å². The van der Waals surface area contributed by atoms with E-state index >= 15 is 0 Å². The predicted molar refractivity (Wildman–Crippen MR) is 55.2 cm³/mol. The van der Waals surface area contributed by atoms with E-state index in [1.165, 1.54) is 7.05 Å². The fraction of sp³-hybridized carbons (Fsp3) is 0.182. The third-order valence-electron chi connectivity index (χ3n) is 2.14. The number of hydrogen-bond donors (Lipinski definition) is 1. The van der Waals surface area contributed by atoms with Gasteiger partial charge in [-0.1, -0.05) is 0 Å². The standard InChI is InChI=1S/C11H11NO3/c1-7-6-8-4-3-5-14-10(8)9(7)15-11(13)12-2/h3-6H,1-2H3,(H,12,13). The monoisotopic (exact) mass is 205 g/mol. The van der Waals surface area contributed by atoms with Gasteiger partial charge in [-0.2, -0.15) is 0 Å². The van der Waals surface area contributed by atoms with Crippen LogP contribution in [0.25, 0.3) is 11.3 Å². The SMILES string of the molecule is CNC(=O)Oc1c(C)cc2cccoc1-2. The van der Waals surface area contributed by atoms with Gasteiger partial charge in [-0.25, -0.2) is 4.79 Å². The molecule has 0 bridgehead atoms. The second-order valence-corrected chi connectivity index (χ2v) is 3.19. The number of hydrogen-bond acceptors (Lipinski definition) is 3. The van der Waals surface area contributed by atoms with Crippen molar-refractivity contribution < 1.29 is 13.9 Å². The van der Waals surface area contributed by atoms with Gasteiger partial charge in [0.2, 0.25) is 0 Å². The molecule has 1 aliphatic heterocycles. The number of aryl methyl sites for hydroxylation is 1. The summed E-state index contributed by atoms with van der Waals surface area (Å²) in [6.07, 6.45) is 1.06. The summed E-state index contributed by atoms with van der Waals surface area (Å²) in [7, 11) is 1.51. The summed E-state index contributed by atoms with van der Waals surface area (Å²) in [5.41, 5.74) is 1.80. The van der Waals surface area contributed by atoms with Crippen LogP contribution in [0.1, 0.15) is 5.56 Å². The third kappa shape index (κ3) is 1.66. The zero-order valence-electron chi connectivity index (χ0n) is 8.53. The van der Waals surface area contributed by atoms with Crippen molar-refractivity contribution in [2.45, 2.75) is 6.92 Å². The highest BCUT2D eigenvalue weighted by molar-refractivity contribution is 5.78. The van der Waals surface area contributed by atoms with Crippen LogP contribution >= 0.6 is 0 Å². The van der Waals surface area contributed by atoms with E-state index in [-0.39, 0.29) is 0 Å². The summed E-state index contributed by atoms with van der Waals surface area (Å²) in [5, 5.41) is 2.39. The number of carbonyl (C=O) groups is 1. The predicted octanol–water partition coefficient (Wildman–Crippen LogP) is 2.41. The average molecular weight is 205 g/mol. The summed E-state index contributed by atoms with van der Waals surface area (Å²) in [6, 6.07) is 5.62. The third-order valence-corrected chi connectivity index (χ3v) is 2.14. The van der Waals surface area contributed by atoms with Crippen LogP contribution < -0.4 is 10.1 Å². The molecule has 1 heterocycles. The van der Waals surface area contributed by atoms with Crippen LogP contribution in [0.2, 0.25) is 0 Å². The van der Waals surface area contributed by atoms with Gasteiger partial charge in [0.05, 0.1) is 6.26 Å². The fourth-order valence-electron chi connectivity index (χ4n) is 1.44. The van der Waals surface area contributed by atoms with E-state index < -0.39 is 6.09 Å². The molecule has 0 aromatic carbocycles. The van der Waals surface area contributed by atoms with Gasteiger partial charge in [0.1, 0.15) is 0 Å². The smallest absolute Gasteiger partial charge is 0.412 e. The number of nitrogens with one attached hydrogen (secondary N) is 1. The van der Waals surface area contributed by atoms with E-state index in [4.69, 9.17) is 9.15 Å². The van der Waals surface area contributed by atoms with Gasteiger partial charge >= 0.3 is 6.09 Å². The lowest BCUT2D eigenvalue weighted by molar-refractivity contribution is 0.202. The van der Waals surface area contributed by atoms with Crippen molar-refractivity contribution in [3.63, 3.8) is 0 Å². The maximum absolute atomic E-state index is 11.1. The molecule has 0 fully saturated rings. The van der Waals surface area contributed by atoms with Gasteiger partial charge in [0.15, 0.2) is 11.5 Å². The summed E-state index contributed by atoms with van der Waals surface area (Å²) < 4.78 is 10.4. The molecule has 78 valence electrons. The number of carbonyl (C=O) groups excluding carboxylic acids is 1. The Morgan fingerprint density at radius 2 is 2.33 bits per heavy atom. The van der Waals surface area contributed by atoms with Crippen LogP contribution in [-0.4, -0.2) is 13.1 Å². The molecule has 0 atom stereocenters. The fourth-order valence-corrected chi connectivity index (χ4v) is 1.44. The van der Waals surface area contributed by atoms with Crippen molar-refractivity contribution in [3.8, 4) is 17.1 Å². The van der Waals surface area contributed by atoms with Crippen LogP contribution in [0.4, 0.5) is 4.79 Å². The van der Waals surface area contributed by atoms with Crippen LogP contribution in [0.15, 0.2) is 28.9 Å². The Morgan fingerprint density at radius 3 is 3.07 bits per heavy atom. The molecule has 0 aromatic rings. The lowest BCUT2D eigenvalue weighted by atomic mass is 10.2. The summed E-state index contributed by atoms with van der Waals surface area (Å²) in [5.74, 6) is 1.07. The molecule has 0 radical (unpaired) electrons. The van der Waals surface area contributed by atoms with Crippen LogP contribution in [0.5, 0.6) is 5.75 Å². The quantitative estimate of drug-likeness (QED) is 0.777. The van der Waals surface area contributed by atoms with Gasteiger partial charge in [-0.3, -0.25) is 0 Å². The summed E-state index contributed by atoms with van der Waals surface area (Å²) in [4.78, 5) is 11.1. The van der Waals surface area contributed by atoms with Gasteiger partial charge in [-0.05, 0) is 30.7 Å². The minimum atomic E-state index is -0.496. The van der Waals surface area contributed by atoms with Crippen molar-refractivity contribution in [1.29, 1.82) is 0 Å². The Bertz CT molecular complexity index is 461. The molecule has 1 aliphatic carbocycles. The Kier molecular flexibility index (Phi) is 2.33. The minimum Gasteiger partial charge on any atom is -0.460 e. The van der Waals surface area contributed by atoms with Crippen LogP contribution in [-0.2, 0) is 0 Å². The van der Waals surface area contributed by atoms with Gasteiger partial charge < -0.3 is 14.5 Å². The molecule has 15 heavy (non-hydrogen) atoms. The normalized spacial score (nSPS) is 10.3. The second kappa shape index (κ2) is 3.65. The number of ether oxygens (including phenoxy) is 1. The maximum atomic E-state index is 11.1. The summed E-state index contributed by atoms with van der Waals surface area (Å²) >= 11 is 0. The van der Waals surface area contributed by atoms with Gasteiger partial charge in [0.25, 0.3) is 0 Å². The van der Waals surface area contributed by atoms with E-state index in [1.54, 1.807) is 12.3 Å². The lowest BCUT2D eigenvalue weighted by Gasteiger charge is -2.04. The molecule has 0 unspecified atom stereocenters. The second-order valence-electron chi connectivity index (χ2n) is 3.19. The molecule has 0 saturated heterocycles. The molecule has 2 aliphatic rings. The Hall–Kier alpha value is -1.97. The largest absolute Gasteiger partial charge is 0.460 e. The minimum absolute atomic E-state index is 0.477. The van der Waals surface area contributed by atoms with Crippen LogP contribution in [0, 0.1) is 6.92 Å². The first-order chi connectivity index (χ1) is 7.22. The number of amides is 1. The first-order valence-electron chi connectivity index (χ1n) is 4.58. The van der Waals surface area contributed by atoms with Crippen molar-refractivity contribution in [3.05, 3.63) is 30.0 Å². The van der Waals surface area contributed by atoms with E-state index in [1.807, 2.05) is 19.1 Å². The van der Waals surface area contributed by atoms with E-state index in [9.17, 15) is 4.79 Å². The van der Waals surface area contributed by atoms with Gasteiger partial charge in [0, 0.05) is 12.6 Å². The first kappa shape index (κ1) is 9.58. The van der Waals surface area contributed by atoms with Crippen LogP contribution in [0.3, 0.4) is 0 Å². The highest BCUT2D eigenvalue weighted by atomic mass is 16.6. The molecule has 0 spiro atoms. The Morgan fingerprint density at radius 1 is 1.53 bits per heavy atom. The molecular formula is C11H11NO3. The molecule has 2 rings (SSSR count). The maximum Gasteiger partial charge on any atom is 0.412 e. The molecular weight excluding hydrogens is 194 g/mol. The zero-order valence-corrected chi connectivity index (χ0v) is 8.53. The van der Waals surface area contributed by atoms with E-state index in [2.05, 4.69) is 5.32 Å². The first-order valence-corrected chi connectivity index (χ1v) is 4.58. The number of fused-ring (bicyclic) bond motifs is 1. The molecule has 1 amide bonds. The van der Waals surface area contributed by atoms with Crippen molar-refractivity contribution in [1.82, 2.24) is 5.32 Å². The van der Waals surface area contributed by atoms with E-state index in [0.29, 0.717) is 11.5 Å². The highest BCUT2D eigenvalue weighted by Crippen LogP contribution is 2.37. The average Bonchev–Trinajstić information content (AvgIpc) is 2.55. The van der Waals surface area contributed by atoms with Gasteiger partial charge in [-0.15, -0.1) is 0 Å². The highest BCUT2D eigenvalue weighted by Gasteiger charge is 2.18. The Balaban J connectivity index is 2.43. The lowest BCUT2D eigenvalue weighted by Crippen LogP contribution is -2.22. The topological polar surface area (TPSA) is 51.5 Å². The molecule has 1 N–H and O–H groups in total. The Labute approximate surface area is 87.2 Å². The zero-order chi connectivity index (χ0) is 10.8. The van der Waals surface area contributed by atoms with Crippen molar-refractivity contribution in [2.24, 2.45) is 0 Å². The molecule has 0 saturated carbocycles. The molecule has 4 heteroatoms. The number of rotatable bonds is 1. The van der Waals surface area contributed by atoms with Crippen molar-refractivity contribution >= 4 is 6.09 Å². The molecule has 4 nitrogen and oxygen atoms in total. The molecule has 0 aromatic heterocycles.